The third-order valence-electron chi connectivity index (χ3n) is 3.13. The molecule has 0 saturated carbocycles. The van der Waals surface area contributed by atoms with Gasteiger partial charge in [0.25, 0.3) is 11.6 Å². The van der Waals surface area contributed by atoms with Gasteiger partial charge in [0.2, 0.25) is 0 Å². The normalized spacial score (nSPS) is 10.2. The summed E-state index contributed by atoms with van der Waals surface area (Å²) in [6.07, 6.45) is 0. The Kier molecular flexibility index (Phi) is 5.27. The summed E-state index contributed by atoms with van der Waals surface area (Å²) in [4.78, 5) is 22.7. The van der Waals surface area contributed by atoms with Crippen molar-refractivity contribution in [2.24, 2.45) is 0 Å². The summed E-state index contributed by atoms with van der Waals surface area (Å²) in [5.41, 5.74) is 1.39. The number of benzene rings is 2. The Balaban J connectivity index is 2.28. The number of nitro benzene ring substituents is 1. The highest BCUT2D eigenvalue weighted by atomic mass is 16.6. The van der Waals surface area contributed by atoms with Gasteiger partial charge in [0.1, 0.15) is 5.75 Å². The molecule has 2 aromatic carbocycles. The lowest BCUT2D eigenvalue weighted by molar-refractivity contribution is -0.384. The van der Waals surface area contributed by atoms with E-state index in [1.54, 1.807) is 25.3 Å². The van der Waals surface area contributed by atoms with Crippen molar-refractivity contribution < 1.29 is 19.2 Å². The van der Waals surface area contributed by atoms with Crippen molar-refractivity contribution in [2.45, 2.75) is 6.61 Å². The molecule has 0 heterocycles. The van der Waals surface area contributed by atoms with Gasteiger partial charge in [-0.3, -0.25) is 14.9 Å². The molecule has 1 N–H and O–H groups in total. The van der Waals surface area contributed by atoms with E-state index in [1.807, 2.05) is 6.07 Å². The summed E-state index contributed by atoms with van der Waals surface area (Å²) in [5, 5.41) is 13.6. The summed E-state index contributed by atoms with van der Waals surface area (Å²) in [6, 6.07) is 11.0. The van der Waals surface area contributed by atoms with Crippen molar-refractivity contribution in [3.05, 3.63) is 63.7 Å². The molecule has 2 aromatic rings. The highest BCUT2D eigenvalue weighted by Gasteiger charge is 2.17. The molecule has 0 radical (unpaired) electrons. The first-order chi connectivity index (χ1) is 11.0. The number of amides is 1. The second kappa shape index (κ2) is 7.37. The van der Waals surface area contributed by atoms with E-state index in [4.69, 9.17) is 9.47 Å². The second-order valence-electron chi connectivity index (χ2n) is 4.73. The van der Waals surface area contributed by atoms with Gasteiger partial charge in [-0.1, -0.05) is 12.1 Å². The molecule has 7 nitrogen and oxygen atoms in total. The Morgan fingerprint density at radius 2 is 2.00 bits per heavy atom. The van der Waals surface area contributed by atoms with E-state index in [1.165, 1.54) is 25.3 Å². The fraction of sp³-hybridized carbons (Fsp3) is 0.188. The number of methoxy groups -OCH3 is 2. The van der Waals surface area contributed by atoms with Gasteiger partial charge in [-0.2, -0.15) is 0 Å². The van der Waals surface area contributed by atoms with Crippen LogP contribution >= 0.6 is 0 Å². The van der Waals surface area contributed by atoms with Crippen molar-refractivity contribution in [2.75, 3.05) is 19.5 Å². The fourth-order valence-electron chi connectivity index (χ4n) is 2.09. The molecule has 0 aliphatic rings. The maximum Gasteiger partial charge on any atom is 0.270 e. The van der Waals surface area contributed by atoms with Crippen LogP contribution in [0.2, 0.25) is 0 Å². The molecule has 0 aromatic heterocycles. The minimum absolute atomic E-state index is 0.0962. The summed E-state index contributed by atoms with van der Waals surface area (Å²) in [6.45, 7) is 0.420. The Morgan fingerprint density at radius 3 is 2.65 bits per heavy atom. The minimum Gasteiger partial charge on any atom is -0.496 e. The third-order valence-corrected chi connectivity index (χ3v) is 3.13. The number of carbonyl (C=O) groups is 1. The topological polar surface area (TPSA) is 90.7 Å². The highest BCUT2D eigenvalue weighted by molar-refractivity contribution is 6.06. The Labute approximate surface area is 133 Å². The standard InChI is InChI=1S/C16H16N2O5/c1-22-10-11-4-3-5-12(8-11)17-16(19)14-9-13(18(20)21)6-7-15(14)23-2/h3-9H,10H2,1-2H3,(H,17,19). The molecule has 1 amide bonds. The average molecular weight is 316 g/mol. The average Bonchev–Trinajstić information content (AvgIpc) is 2.54. The Hall–Kier alpha value is -2.93. The molecule has 0 bridgehead atoms. The number of hydrogen-bond acceptors (Lipinski definition) is 5. The van der Waals surface area contributed by atoms with Gasteiger partial charge in [-0.15, -0.1) is 0 Å². The van der Waals surface area contributed by atoms with Crippen LogP contribution in [0.3, 0.4) is 0 Å². The molecular formula is C16H16N2O5. The molecule has 0 aliphatic heterocycles. The number of anilines is 1. The smallest absolute Gasteiger partial charge is 0.270 e. The van der Waals surface area contributed by atoms with Crippen molar-refractivity contribution in [1.29, 1.82) is 0 Å². The van der Waals surface area contributed by atoms with Crippen LogP contribution in [-0.4, -0.2) is 25.1 Å². The SMILES string of the molecule is COCc1cccc(NC(=O)c2cc([N+](=O)[O-])ccc2OC)c1. The third kappa shape index (κ3) is 4.04. The van der Waals surface area contributed by atoms with E-state index in [2.05, 4.69) is 5.32 Å². The zero-order valence-electron chi connectivity index (χ0n) is 12.7. The van der Waals surface area contributed by atoms with Crippen LogP contribution < -0.4 is 10.1 Å². The molecule has 0 unspecified atom stereocenters. The van der Waals surface area contributed by atoms with Crippen LogP contribution in [0.4, 0.5) is 11.4 Å². The molecule has 23 heavy (non-hydrogen) atoms. The quantitative estimate of drug-likeness (QED) is 0.653. The van der Waals surface area contributed by atoms with Gasteiger partial charge in [0, 0.05) is 24.9 Å². The molecule has 0 saturated heterocycles. The van der Waals surface area contributed by atoms with Gasteiger partial charge in [-0.05, 0) is 23.8 Å². The van der Waals surface area contributed by atoms with E-state index in [0.29, 0.717) is 12.3 Å². The Bertz CT molecular complexity index is 730. The first kappa shape index (κ1) is 16.4. The number of nitro groups is 1. The lowest BCUT2D eigenvalue weighted by Gasteiger charge is -2.10. The number of hydrogen-bond donors (Lipinski definition) is 1. The molecule has 120 valence electrons. The number of rotatable bonds is 6. The number of carbonyl (C=O) groups excluding carboxylic acids is 1. The largest absolute Gasteiger partial charge is 0.496 e. The van der Waals surface area contributed by atoms with Gasteiger partial charge < -0.3 is 14.8 Å². The molecular weight excluding hydrogens is 300 g/mol. The predicted molar refractivity (Wildman–Crippen MR) is 84.8 cm³/mol. The van der Waals surface area contributed by atoms with E-state index in [9.17, 15) is 14.9 Å². The van der Waals surface area contributed by atoms with Crippen LogP contribution in [0, 0.1) is 10.1 Å². The van der Waals surface area contributed by atoms with Gasteiger partial charge >= 0.3 is 0 Å². The summed E-state index contributed by atoms with van der Waals surface area (Å²) in [5.74, 6) is -0.221. The van der Waals surface area contributed by atoms with Crippen molar-refractivity contribution in [1.82, 2.24) is 0 Å². The number of nitrogens with zero attached hydrogens (tertiary/aromatic N) is 1. The molecule has 2 rings (SSSR count). The minimum atomic E-state index is -0.560. The number of non-ortho nitro benzene ring substituents is 1. The van der Waals surface area contributed by atoms with Crippen LogP contribution in [0.15, 0.2) is 42.5 Å². The maximum atomic E-state index is 12.4. The maximum absolute atomic E-state index is 12.4. The molecule has 0 aliphatic carbocycles. The second-order valence-corrected chi connectivity index (χ2v) is 4.73. The van der Waals surface area contributed by atoms with Crippen molar-refractivity contribution in [3.8, 4) is 5.75 Å². The van der Waals surface area contributed by atoms with E-state index in [-0.39, 0.29) is 17.0 Å². The van der Waals surface area contributed by atoms with Crippen molar-refractivity contribution >= 4 is 17.3 Å². The molecule has 0 spiro atoms. The molecule has 7 heteroatoms. The number of nitrogens with one attached hydrogen (secondary N) is 1. The lowest BCUT2D eigenvalue weighted by atomic mass is 10.1. The zero-order chi connectivity index (χ0) is 16.8. The summed E-state index contributed by atoms with van der Waals surface area (Å²) >= 11 is 0. The highest BCUT2D eigenvalue weighted by Crippen LogP contribution is 2.25. The van der Waals surface area contributed by atoms with Crippen molar-refractivity contribution in [3.63, 3.8) is 0 Å². The predicted octanol–water partition coefficient (Wildman–Crippen LogP) is 3.00. The fourth-order valence-corrected chi connectivity index (χ4v) is 2.09. The number of ether oxygens (including phenoxy) is 2. The van der Waals surface area contributed by atoms with Crippen LogP contribution in [0.1, 0.15) is 15.9 Å². The van der Waals surface area contributed by atoms with E-state index >= 15 is 0 Å². The monoisotopic (exact) mass is 316 g/mol. The van der Waals surface area contributed by atoms with E-state index in [0.717, 1.165) is 5.56 Å². The van der Waals surface area contributed by atoms with Crippen LogP contribution in [0.25, 0.3) is 0 Å². The zero-order valence-corrected chi connectivity index (χ0v) is 12.7. The van der Waals surface area contributed by atoms with Crippen LogP contribution in [0.5, 0.6) is 5.75 Å². The lowest BCUT2D eigenvalue weighted by Crippen LogP contribution is -2.13. The first-order valence-corrected chi connectivity index (χ1v) is 6.77. The van der Waals surface area contributed by atoms with Gasteiger partial charge in [-0.25, -0.2) is 0 Å². The van der Waals surface area contributed by atoms with Crippen LogP contribution in [-0.2, 0) is 11.3 Å². The molecule has 0 atom stereocenters. The summed E-state index contributed by atoms with van der Waals surface area (Å²) < 4.78 is 10.1. The summed E-state index contributed by atoms with van der Waals surface area (Å²) in [7, 11) is 2.98. The first-order valence-electron chi connectivity index (χ1n) is 6.77. The van der Waals surface area contributed by atoms with Gasteiger partial charge in [0.15, 0.2) is 0 Å². The molecule has 0 fully saturated rings. The Morgan fingerprint density at radius 1 is 1.22 bits per heavy atom. The van der Waals surface area contributed by atoms with Gasteiger partial charge in [0.05, 0.1) is 24.2 Å². The van der Waals surface area contributed by atoms with E-state index < -0.39 is 10.8 Å².